The number of nitrogens with one attached hydrogen (secondary N) is 2. The minimum atomic E-state index is -0.952. The first-order valence-corrected chi connectivity index (χ1v) is 6.94. The number of carboxylic acids is 1. The van der Waals surface area contributed by atoms with Crippen molar-refractivity contribution in [1.29, 1.82) is 0 Å². The lowest BCUT2D eigenvalue weighted by molar-refractivity contribution is -0.140. The van der Waals surface area contributed by atoms with Gasteiger partial charge in [0.1, 0.15) is 5.60 Å². The summed E-state index contributed by atoms with van der Waals surface area (Å²) >= 11 is 0. The zero-order valence-corrected chi connectivity index (χ0v) is 13.1. The van der Waals surface area contributed by atoms with Crippen molar-refractivity contribution in [3.63, 3.8) is 0 Å². The first-order chi connectivity index (χ1) is 9.47. The number of hydrogen-bond donors (Lipinski definition) is 3. The highest BCUT2D eigenvalue weighted by molar-refractivity contribution is 5.91. The van der Waals surface area contributed by atoms with Crippen LogP contribution < -0.4 is 10.6 Å². The van der Waals surface area contributed by atoms with Crippen molar-refractivity contribution in [3.05, 3.63) is 0 Å². The van der Waals surface area contributed by atoms with E-state index < -0.39 is 34.9 Å². The van der Waals surface area contributed by atoms with Crippen LogP contribution in [0.5, 0.6) is 0 Å². The van der Waals surface area contributed by atoms with Gasteiger partial charge in [-0.05, 0) is 26.2 Å². The van der Waals surface area contributed by atoms with Crippen LogP contribution in [-0.4, -0.2) is 41.8 Å². The van der Waals surface area contributed by atoms with Crippen molar-refractivity contribution in [2.24, 2.45) is 17.3 Å². The van der Waals surface area contributed by atoms with Gasteiger partial charge < -0.3 is 20.5 Å². The molecular weight excluding hydrogens is 276 g/mol. The van der Waals surface area contributed by atoms with E-state index in [0.29, 0.717) is 0 Å². The van der Waals surface area contributed by atoms with Gasteiger partial charge in [-0.15, -0.1) is 0 Å². The van der Waals surface area contributed by atoms with Crippen LogP contribution in [0.15, 0.2) is 0 Å². The predicted octanol–water partition coefficient (Wildman–Crippen LogP) is 0.984. The Kier molecular flexibility index (Phi) is 4.86. The third-order valence-electron chi connectivity index (χ3n) is 3.47. The molecule has 1 aliphatic rings. The minimum absolute atomic E-state index is 0.228. The number of aliphatic carboxylic acids is 1. The summed E-state index contributed by atoms with van der Waals surface area (Å²) in [6.45, 7) is 9.26. The van der Waals surface area contributed by atoms with Crippen LogP contribution in [0.4, 0.5) is 4.79 Å². The molecule has 0 aromatic rings. The van der Waals surface area contributed by atoms with Crippen molar-refractivity contribution >= 4 is 18.0 Å². The van der Waals surface area contributed by atoms with E-state index in [2.05, 4.69) is 10.6 Å². The maximum Gasteiger partial charge on any atom is 0.407 e. The zero-order chi connectivity index (χ0) is 16.4. The minimum Gasteiger partial charge on any atom is -0.481 e. The molecule has 120 valence electrons. The lowest BCUT2D eigenvalue weighted by atomic mass is 10.1. The van der Waals surface area contributed by atoms with Crippen LogP contribution >= 0.6 is 0 Å². The lowest BCUT2D eigenvalue weighted by Crippen LogP contribution is -2.38. The Balaban J connectivity index is 2.27. The summed E-state index contributed by atoms with van der Waals surface area (Å²) in [5.41, 5.74) is -1.09. The van der Waals surface area contributed by atoms with Crippen molar-refractivity contribution < 1.29 is 24.2 Å². The molecule has 1 rings (SSSR count). The molecule has 1 saturated carbocycles. The molecule has 0 bridgehead atoms. The highest BCUT2D eigenvalue weighted by atomic mass is 16.6. The van der Waals surface area contributed by atoms with Crippen LogP contribution in [0, 0.1) is 17.3 Å². The number of carbonyl (C=O) groups excluding carboxylic acids is 2. The Hall–Kier alpha value is -1.79. The molecule has 0 heterocycles. The lowest BCUT2D eigenvalue weighted by Gasteiger charge is -2.19. The predicted molar refractivity (Wildman–Crippen MR) is 75.6 cm³/mol. The number of alkyl carbamates (subject to hydrolysis) is 1. The monoisotopic (exact) mass is 300 g/mol. The molecule has 2 atom stereocenters. The number of rotatable bonds is 5. The van der Waals surface area contributed by atoms with Crippen LogP contribution in [0.2, 0.25) is 0 Å². The second kappa shape index (κ2) is 5.91. The largest absolute Gasteiger partial charge is 0.481 e. The summed E-state index contributed by atoms with van der Waals surface area (Å²) in [4.78, 5) is 34.3. The average Bonchev–Trinajstić information content (AvgIpc) is 2.85. The fraction of sp³-hybridized carbons (Fsp3) is 0.786. The summed E-state index contributed by atoms with van der Waals surface area (Å²) in [5, 5.41) is 14.2. The van der Waals surface area contributed by atoms with E-state index in [-0.39, 0.29) is 19.0 Å². The highest BCUT2D eigenvalue weighted by Crippen LogP contribution is 2.58. The maximum atomic E-state index is 11.9. The first-order valence-electron chi connectivity index (χ1n) is 6.94. The smallest absolute Gasteiger partial charge is 0.407 e. The van der Waals surface area contributed by atoms with Gasteiger partial charge in [-0.1, -0.05) is 13.8 Å². The Labute approximate surface area is 124 Å². The topological polar surface area (TPSA) is 105 Å². The Bertz CT molecular complexity index is 439. The molecule has 1 fully saturated rings. The van der Waals surface area contributed by atoms with Crippen molar-refractivity contribution in [1.82, 2.24) is 10.6 Å². The van der Waals surface area contributed by atoms with E-state index >= 15 is 0 Å². The molecule has 7 nitrogen and oxygen atoms in total. The fourth-order valence-corrected chi connectivity index (χ4v) is 2.36. The molecule has 0 unspecified atom stereocenters. The summed E-state index contributed by atoms with van der Waals surface area (Å²) in [6.07, 6.45) is -0.549. The van der Waals surface area contributed by atoms with Gasteiger partial charge in [-0.25, -0.2) is 4.79 Å². The standard InChI is InChI=1S/C14H24N2O5/c1-13(2,3)21-12(20)16-7-6-15-10(17)8-9(11(18)19)14(8,4)5/h8-9H,6-7H2,1-5H3,(H,15,17)(H,16,20)(H,18,19)/t8-,9+/m1/s1. The quantitative estimate of drug-likeness (QED) is 0.657. The normalized spacial score (nSPS) is 23.1. The second-order valence-corrected chi connectivity index (χ2v) is 6.83. The molecule has 3 N–H and O–H groups in total. The van der Waals surface area contributed by atoms with Gasteiger partial charge >= 0.3 is 12.1 Å². The zero-order valence-electron chi connectivity index (χ0n) is 13.1. The van der Waals surface area contributed by atoms with Crippen LogP contribution in [0.1, 0.15) is 34.6 Å². The summed E-state index contributed by atoms with van der Waals surface area (Å²) in [5.74, 6) is -2.40. The average molecular weight is 300 g/mol. The highest BCUT2D eigenvalue weighted by Gasteiger charge is 2.65. The van der Waals surface area contributed by atoms with Gasteiger partial charge in [0.05, 0.1) is 11.8 Å². The number of hydrogen-bond acceptors (Lipinski definition) is 4. The molecular formula is C14H24N2O5. The molecule has 0 aromatic carbocycles. The van der Waals surface area contributed by atoms with Gasteiger partial charge in [0.2, 0.25) is 5.91 Å². The van der Waals surface area contributed by atoms with Gasteiger partial charge in [0.15, 0.2) is 0 Å². The molecule has 0 aliphatic heterocycles. The van der Waals surface area contributed by atoms with Crippen LogP contribution in [0.3, 0.4) is 0 Å². The number of carbonyl (C=O) groups is 3. The van der Waals surface area contributed by atoms with Gasteiger partial charge in [-0.2, -0.15) is 0 Å². The van der Waals surface area contributed by atoms with E-state index in [1.807, 2.05) is 0 Å². The Morgan fingerprint density at radius 3 is 2.05 bits per heavy atom. The molecule has 21 heavy (non-hydrogen) atoms. The third-order valence-corrected chi connectivity index (χ3v) is 3.47. The fourth-order valence-electron chi connectivity index (χ4n) is 2.36. The third kappa shape index (κ3) is 4.61. The summed E-state index contributed by atoms with van der Waals surface area (Å²) < 4.78 is 5.05. The Morgan fingerprint density at radius 1 is 1.10 bits per heavy atom. The van der Waals surface area contributed by atoms with E-state index in [1.54, 1.807) is 34.6 Å². The van der Waals surface area contributed by atoms with Crippen LogP contribution in [-0.2, 0) is 14.3 Å². The SMILES string of the molecule is CC(C)(C)OC(=O)NCCNC(=O)[C@H]1[C@@H](C(=O)O)C1(C)C. The maximum absolute atomic E-state index is 11.9. The molecule has 7 heteroatoms. The summed E-state index contributed by atoms with van der Waals surface area (Å²) in [7, 11) is 0. The summed E-state index contributed by atoms with van der Waals surface area (Å²) in [6, 6.07) is 0. The van der Waals surface area contributed by atoms with E-state index in [1.165, 1.54) is 0 Å². The van der Waals surface area contributed by atoms with Gasteiger partial charge in [0.25, 0.3) is 0 Å². The van der Waals surface area contributed by atoms with Crippen LogP contribution in [0.25, 0.3) is 0 Å². The van der Waals surface area contributed by atoms with Crippen molar-refractivity contribution in [2.45, 2.75) is 40.2 Å². The molecule has 0 aromatic heterocycles. The van der Waals surface area contributed by atoms with E-state index in [0.717, 1.165) is 0 Å². The van der Waals surface area contributed by atoms with Crippen molar-refractivity contribution in [2.75, 3.05) is 13.1 Å². The van der Waals surface area contributed by atoms with E-state index in [4.69, 9.17) is 9.84 Å². The first kappa shape index (κ1) is 17.3. The molecule has 2 amide bonds. The van der Waals surface area contributed by atoms with E-state index in [9.17, 15) is 14.4 Å². The number of ether oxygens (including phenoxy) is 1. The number of amides is 2. The molecule has 0 radical (unpaired) electrons. The second-order valence-electron chi connectivity index (χ2n) is 6.83. The number of carboxylic acid groups (broad SMARTS) is 1. The van der Waals surface area contributed by atoms with Crippen molar-refractivity contribution in [3.8, 4) is 0 Å². The molecule has 1 aliphatic carbocycles. The van der Waals surface area contributed by atoms with Gasteiger partial charge in [0, 0.05) is 13.1 Å². The van der Waals surface area contributed by atoms with Gasteiger partial charge in [-0.3, -0.25) is 9.59 Å². The molecule has 0 spiro atoms. The molecule has 0 saturated heterocycles. The Morgan fingerprint density at radius 2 is 1.62 bits per heavy atom.